The minimum atomic E-state index is -1.26. The number of aromatic nitrogens is 2. The van der Waals surface area contributed by atoms with Crippen LogP contribution in [0.5, 0.6) is 0 Å². The van der Waals surface area contributed by atoms with Crippen LogP contribution in [0.1, 0.15) is 24.0 Å². The zero-order valence-corrected chi connectivity index (χ0v) is 24.4. The van der Waals surface area contributed by atoms with E-state index >= 15 is 0 Å². The predicted octanol–water partition coefficient (Wildman–Crippen LogP) is 6.96. The summed E-state index contributed by atoms with van der Waals surface area (Å²) in [6.07, 6.45) is 10.3. The highest BCUT2D eigenvalue weighted by atomic mass is 28.3. The first-order chi connectivity index (χ1) is 19.2. The molecule has 1 aromatic heterocycles. The SMILES string of the molecule is C=CCCC[SiH](C)C(c1ccccc1)(c1ccccc1)n1ccnc1.CB(c1ccccc1)c1ccccc1. The Labute approximate surface area is 236 Å². The summed E-state index contributed by atoms with van der Waals surface area (Å²) >= 11 is 0. The molecule has 5 aromatic rings. The maximum atomic E-state index is 4.39. The molecule has 0 saturated heterocycles. The summed E-state index contributed by atoms with van der Waals surface area (Å²) in [4.78, 5) is 4.39. The van der Waals surface area contributed by atoms with Gasteiger partial charge in [0, 0.05) is 12.4 Å². The first kappa shape index (κ1) is 28.1. The molecule has 0 bridgehead atoms. The van der Waals surface area contributed by atoms with Gasteiger partial charge in [-0.15, -0.1) is 6.58 Å². The van der Waals surface area contributed by atoms with E-state index < -0.39 is 8.80 Å². The van der Waals surface area contributed by atoms with E-state index in [0.717, 1.165) is 6.42 Å². The predicted molar refractivity (Wildman–Crippen MR) is 172 cm³/mol. The average Bonchev–Trinajstić information content (AvgIpc) is 3.55. The highest BCUT2D eigenvalue weighted by molar-refractivity contribution is 6.84. The molecule has 0 spiro atoms. The van der Waals surface area contributed by atoms with Crippen LogP contribution in [0, 0.1) is 0 Å². The Bertz CT molecular complexity index is 1280. The van der Waals surface area contributed by atoms with Gasteiger partial charge in [-0.25, -0.2) is 4.98 Å². The number of allylic oxidation sites excluding steroid dienone is 1. The van der Waals surface area contributed by atoms with Crippen molar-refractivity contribution in [1.82, 2.24) is 9.55 Å². The van der Waals surface area contributed by atoms with Crippen molar-refractivity contribution >= 4 is 26.4 Å². The number of nitrogens with zero attached hydrogens (tertiary/aromatic N) is 2. The largest absolute Gasteiger partial charge is 0.326 e. The van der Waals surface area contributed by atoms with Gasteiger partial charge in [-0.1, -0.05) is 164 Å². The monoisotopic (exact) mass is 526 g/mol. The van der Waals surface area contributed by atoms with Crippen molar-refractivity contribution < 1.29 is 0 Å². The molecule has 0 aliphatic carbocycles. The van der Waals surface area contributed by atoms with E-state index in [2.05, 4.69) is 157 Å². The van der Waals surface area contributed by atoms with Crippen LogP contribution in [-0.4, -0.2) is 25.1 Å². The second kappa shape index (κ2) is 14.3. The molecule has 0 N–H and O–H groups in total. The number of imidazole rings is 1. The van der Waals surface area contributed by atoms with Crippen LogP contribution in [-0.2, 0) is 5.16 Å². The third-order valence-corrected chi connectivity index (χ3v) is 11.4. The van der Waals surface area contributed by atoms with Gasteiger partial charge in [-0.3, -0.25) is 0 Å². The molecule has 5 rings (SSSR count). The second-order valence-electron chi connectivity index (χ2n) is 10.1. The lowest BCUT2D eigenvalue weighted by atomic mass is 9.43. The van der Waals surface area contributed by atoms with E-state index in [-0.39, 0.29) is 5.16 Å². The van der Waals surface area contributed by atoms with Crippen LogP contribution in [0.2, 0.25) is 19.4 Å². The molecule has 1 unspecified atom stereocenters. The first-order valence-electron chi connectivity index (χ1n) is 14.0. The first-order valence-corrected chi connectivity index (χ1v) is 16.5. The molecule has 0 radical (unpaired) electrons. The summed E-state index contributed by atoms with van der Waals surface area (Å²) < 4.78 is 2.34. The molecule has 4 aromatic carbocycles. The lowest BCUT2D eigenvalue weighted by Crippen LogP contribution is -2.48. The smallest absolute Gasteiger partial charge is 0.206 e. The van der Waals surface area contributed by atoms with Gasteiger partial charge in [0.25, 0.3) is 0 Å². The van der Waals surface area contributed by atoms with Crippen molar-refractivity contribution in [2.24, 2.45) is 0 Å². The van der Waals surface area contributed by atoms with Gasteiger partial charge in [-0.05, 0) is 17.5 Å². The molecule has 0 saturated carbocycles. The molecule has 1 atom stereocenters. The van der Waals surface area contributed by atoms with E-state index in [1.807, 2.05) is 18.6 Å². The zero-order chi connectivity index (χ0) is 27.3. The Morgan fingerprint density at radius 1 is 0.769 bits per heavy atom. The summed E-state index contributed by atoms with van der Waals surface area (Å²) in [6, 6.07) is 44.3. The fourth-order valence-corrected chi connectivity index (χ4v) is 9.04. The van der Waals surface area contributed by atoms with Crippen LogP contribution in [0.25, 0.3) is 0 Å². The maximum Gasteiger partial charge on any atom is 0.206 e. The summed E-state index contributed by atoms with van der Waals surface area (Å²) in [5.74, 6) is 0. The quantitative estimate of drug-likeness (QED) is 0.109. The summed E-state index contributed by atoms with van der Waals surface area (Å²) in [5, 5.41) is -0.125. The van der Waals surface area contributed by atoms with Crippen molar-refractivity contribution in [2.75, 3.05) is 0 Å². The Balaban J connectivity index is 0.000000212. The van der Waals surface area contributed by atoms with Crippen LogP contribution in [0.4, 0.5) is 0 Å². The van der Waals surface area contributed by atoms with E-state index in [0.29, 0.717) is 6.71 Å². The molecule has 0 fully saturated rings. The lowest BCUT2D eigenvalue weighted by Gasteiger charge is -2.41. The van der Waals surface area contributed by atoms with E-state index in [1.54, 1.807) is 0 Å². The minimum absolute atomic E-state index is 0.125. The number of hydrogen-bond donors (Lipinski definition) is 0. The topological polar surface area (TPSA) is 17.8 Å². The van der Waals surface area contributed by atoms with Gasteiger partial charge in [-0.2, -0.15) is 0 Å². The molecular weight excluding hydrogens is 487 g/mol. The lowest BCUT2D eigenvalue weighted by molar-refractivity contribution is 0.578. The summed E-state index contributed by atoms with van der Waals surface area (Å²) in [7, 11) is -1.26. The molecule has 0 amide bonds. The van der Waals surface area contributed by atoms with Crippen LogP contribution >= 0.6 is 0 Å². The highest BCUT2D eigenvalue weighted by Crippen LogP contribution is 2.38. The number of benzene rings is 4. The fraction of sp³-hybridized carbons (Fsp3) is 0.171. The van der Waals surface area contributed by atoms with Crippen LogP contribution in [0.3, 0.4) is 0 Å². The molecule has 2 nitrogen and oxygen atoms in total. The second-order valence-corrected chi connectivity index (χ2v) is 13.3. The van der Waals surface area contributed by atoms with Crippen molar-refractivity contribution in [3.05, 3.63) is 164 Å². The molecule has 4 heteroatoms. The maximum absolute atomic E-state index is 4.39. The van der Waals surface area contributed by atoms with Gasteiger partial charge < -0.3 is 4.57 Å². The van der Waals surface area contributed by atoms with Crippen LogP contribution < -0.4 is 10.9 Å². The van der Waals surface area contributed by atoms with Crippen molar-refractivity contribution in [2.45, 2.75) is 37.4 Å². The Kier molecular flexibility index (Phi) is 10.3. The van der Waals surface area contributed by atoms with Gasteiger partial charge in [0.1, 0.15) is 0 Å². The van der Waals surface area contributed by atoms with Crippen molar-refractivity contribution in [3.8, 4) is 0 Å². The number of rotatable bonds is 10. The van der Waals surface area contributed by atoms with E-state index in [9.17, 15) is 0 Å². The van der Waals surface area contributed by atoms with Gasteiger partial charge in [0.15, 0.2) is 0 Å². The third-order valence-electron chi connectivity index (χ3n) is 7.70. The normalized spacial score (nSPS) is 11.6. The minimum Gasteiger partial charge on any atom is -0.326 e. The third kappa shape index (κ3) is 6.76. The highest BCUT2D eigenvalue weighted by Gasteiger charge is 2.41. The van der Waals surface area contributed by atoms with E-state index in [1.165, 1.54) is 34.5 Å². The molecule has 1 heterocycles. The standard InChI is InChI=1S/C22H26N2Si.C13H13B/c1-3-4-11-18-25(2)22(24-17-16-23-19-24,20-12-7-5-8-13-20)21-14-9-6-10-15-21;1-14(12-8-4-2-5-9-12)13-10-6-3-7-11-13/h3,5-10,12-17,19,25H,1,4,11,18H2,2H3;2-11H,1H3. The molecule has 0 aliphatic heterocycles. The molecule has 39 heavy (non-hydrogen) atoms. The Morgan fingerprint density at radius 3 is 1.64 bits per heavy atom. The van der Waals surface area contributed by atoms with Gasteiger partial charge in [0.2, 0.25) is 6.71 Å². The fourth-order valence-electron chi connectivity index (χ4n) is 5.59. The van der Waals surface area contributed by atoms with Crippen molar-refractivity contribution in [3.63, 3.8) is 0 Å². The Hall–Kier alpha value is -3.89. The number of hydrogen-bond acceptors (Lipinski definition) is 1. The molecule has 196 valence electrons. The van der Waals surface area contributed by atoms with Crippen LogP contribution in [0.15, 0.2) is 153 Å². The zero-order valence-electron chi connectivity index (χ0n) is 23.2. The average molecular weight is 527 g/mol. The van der Waals surface area contributed by atoms with Gasteiger partial charge >= 0.3 is 0 Å². The summed E-state index contributed by atoms with van der Waals surface area (Å²) in [5.41, 5.74) is 5.46. The molecular formula is C35H39BN2Si. The number of unbranched alkanes of at least 4 members (excludes halogenated alkanes) is 1. The van der Waals surface area contributed by atoms with E-state index in [4.69, 9.17) is 0 Å². The molecule has 0 aliphatic rings. The van der Waals surface area contributed by atoms with Gasteiger partial charge in [0.05, 0.1) is 20.3 Å². The Morgan fingerprint density at radius 2 is 1.23 bits per heavy atom. The summed E-state index contributed by atoms with van der Waals surface area (Å²) in [6.45, 7) is 9.10. The van der Waals surface area contributed by atoms with Crippen molar-refractivity contribution in [1.29, 1.82) is 0 Å².